The first kappa shape index (κ1) is 15.1. The summed E-state index contributed by atoms with van der Waals surface area (Å²) in [6.45, 7) is 0.692. The van der Waals surface area contributed by atoms with Gasteiger partial charge in [-0.2, -0.15) is 0 Å². The topological polar surface area (TPSA) is 71.8 Å². The summed E-state index contributed by atoms with van der Waals surface area (Å²) < 4.78 is 10.1. The number of anilines is 1. The van der Waals surface area contributed by atoms with E-state index in [0.717, 1.165) is 18.6 Å². The predicted molar refractivity (Wildman–Crippen MR) is 84.2 cm³/mol. The van der Waals surface area contributed by atoms with E-state index in [4.69, 9.17) is 4.42 Å². The summed E-state index contributed by atoms with van der Waals surface area (Å²) in [4.78, 5) is 25.6. The minimum absolute atomic E-state index is 0.0284. The number of urea groups is 1. The first-order valence-electron chi connectivity index (χ1n) is 7.48. The largest absolute Gasteiger partial charge is 0.467 e. The van der Waals surface area contributed by atoms with Crippen molar-refractivity contribution in [2.45, 2.75) is 18.9 Å². The number of benzene rings is 1. The molecule has 0 unspecified atom stereocenters. The van der Waals surface area contributed by atoms with Crippen LogP contribution in [0, 0.1) is 0 Å². The van der Waals surface area contributed by atoms with Crippen LogP contribution in [0.25, 0.3) is 0 Å². The minimum atomic E-state index is -0.402. The summed E-state index contributed by atoms with van der Waals surface area (Å²) in [7, 11) is 1.33. The quantitative estimate of drug-likeness (QED) is 0.881. The average molecular weight is 314 g/mol. The van der Waals surface area contributed by atoms with Crippen molar-refractivity contribution < 1.29 is 18.7 Å². The zero-order chi connectivity index (χ0) is 16.2. The average Bonchev–Trinajstić information content (AvgIpc) is 3.25. The van der Waals surface area contributed by atoms with E-state index in [1.165, 1.54) is 7.11 Å². The number of amides is 2. The van der Waals surface area contributed by atoms with Crippen LogP contribution in [0.5, 0.6) is 0 Å². The SMILES string of the molecule is COC(=O)c1ccc(NC(=O)N2CCC[C@H]2c2ccco2)cc1. The monoisotopic (exact) mass is 314 g/mol. The number of hydrogen-bond donors (Lipinski definition) is 1. The van der Waals surface area contributed by atoms with Gasteiger partial charge in [-0.3, -0.25) is 0 Å². The summed E-state index contributed by atoms with van der Waals surface area (Å²) in [5.41, 5.74) is 1.08. The molecular weight excluding hydrogens is 296 g/mol. The van der Waals surface area contributed by atoms with Gasteiger partial charge in [0.1, 0.15) is 5.76 Å². The Labute approximate surface area is 134 Å². The maximum Gasteiger partial charge on any atom is 0.337 e. The molecule has 6 nitrogen and oxygen atoms in total. The van der Waals surface area contributed by atoms with Crippen LogP contribution >= 0.6 is 0 Å². The van der Waals surface area contributed by atoms with E-state index < -0.39 is 5.97 Å². The smallest absolute Gasteiger partial charge is 0.337 e. The van der Waals surface area contributed by atoms with Crippen LogP contribution in [0.4, 0.5) is 10.5 Å². The fourth-order valence-electron chi connectivity index (χ4n) is 2.79. The molecule has 6 heteroatoms. The highest BCUT2D eigenvalue weighted by Crippen LogP contribution is 2.32. The standard InChI is InChI=1S/C17H18N2O4/c1-22-16(20)12-6-8-13(9-7-12)18-17(21)19-10-2-4-14(19)15-5-3-11-23-15/h3,5-9,11,14H,2,4,10H2,1H3,(H,18,21)/t14-/m0/s1. The fourth-order valence-corrected chi connectivity index (χ4v) is 2.79. The highest BCUT2D eigenvalue weighted by molar-refractivity contribution is 5.92. The molecular formula is C17H18N2O4. The molecule has 1 aliphatic rings. The van der Waals surface area contributed by atoms with E-state index in [2.05, 4.69) is 10.1 Å². The van der Waals surface area contributed by atoms with Crippen LogP contribution in [0.2, 0.25) is 0 Å². The third-order valence-electron chi connectivity index (χ3n) is 3.94. The first-order chi connectivity index (χ1) is 11.2. The van der Waals surface area contributed by atoms with Gasteiger partial charge in [0.25, 0.3) is 0 Å². The van der Waals surface area contributed by atoms with Crippen molar-refractivity contribution in [3.63, 3.8) is 0 Å². The maximum atomic E-state index is 12.5. The number of carbonyl (C=O) groups is 2. The Morgan fingerprint density at radius 2 is 2.04 bits per heavy atom. The van der Waals surface area contributed by atoms with Crippen molar-refractivity contribution in [1.29, 1.82) is 0 Å². The van der Waals surface area contributed by atoms with Gasteiger partial charge in [0.15, 0.2) is 0 Å². The summed E-state index contributed by atoms with van der Waals surface area (Å²) in [5, 5.41) is 2.85. The second-order valence-corrected chi connectivity index (χ2v) is 5.37. The first-order valence-corrected chi connectivity index (χ1v) is 7.48. The molecule has 1 saturated heterocycles. The van der Waals surface area contributed by atoms with E-state index in [0.29, 0.717) is 17.8 Å². The van der Waals surface area contributed by atoms with Gasteiger partial charge in [-0.15, -0.1) is 0 Å². The Morgan fingerprint density at radius 3 is 2.70 bits per heavy atom. The Kier molecular flexibility index (Phi) is 4.32. The number of hydrogen-bond acceptors (Lipinski definition) is 4. The summed E-state index contributed by atoms with van der Waals surface area (Å²) in [6, 6.07) is 10.1. The van der Waals surface area contributed by atoms with Gasteiger partial charge in [-0.25, -0.2) is 9.59 Å². The normalized spacial score (nSPS) is 17.1. The van der Waals surface area contributed by atoms with E-state index in [1.54, 1.807) is 35.4 Å². The molecule has 1 N–H and O–H groups in total. The minimum Gasteiger partial charge on any atom is -0.467 e. The van der Waals surface area contributed by atoms with Crippen molar-refractivity contribution in [1.82, 2.24) is 4.90 Å². The van der Waals surface area contributed by atoms with Crippen LogP contribution in [-0.2, 0) is 4.74 Å². The van der Waals surface area contributed by atoms with Gasteiger partial charge in [0.05, 0.1) is 25.0 Å². The molecule has 2 aromatic rings. The molecule has 0 aliphatic carbocycles. The number of carbonyl (C=O) groups excluding carboxylic acids is 2. The third-order valence-corrected chi connectivity index (χ3v) is 3.94. The lowest BCUT2D eigenvalue weighted by Crippen LogP contribution is -2.34. The van der Waals surface area contributed by atoms with Crippen molar-refractivity contribution in [2.75, 3.05) is 19.0 Å². The maximum absolute atomic E-state index is 12.5. The number of rotatable bonds is 3. The van der Waals surface area contributed by atoms with Crippen LogP contribution in [0.3, 0.4) is 0 Å². The zero-order valence-electron chi connectivity index (χ0n) is 12.8. The molecule has 1 atom stereocenters. The second-order valence-electron chi connectivity index (χ2n) is 5.37. The Bertz CT molecular complexity index is 679. The van der Waals surface area contributed by atoms with E-state index >= 15 is 0 Å². The molecule has 0 radical (unpaired) electrons. The fraction of sp³-hybridized carbons (Fsp3) is 0.294. The number of likely N-dealkylation sites (tertiary alicyclic amines) is 1. The van der Waals surface area contributed by atoms with E-state index in [-0.39, 0.29) is 12.1 Å². The number of esters is 1. The van der Waals surface area contributed by atoms with Crippen LogP contribution in [0.1, 0.15) is 35.0 Å². The molecule has 3 rings (SSSR count). The Morgan fingerprint density at radius 1 is 1.26 bits per heavy atom. The third kappa shape index (κ3) is 3.21. The van der Waals surface area contributed by atoms with Gasteiger partial charge < -0.3 is 19.4 Å². The Hall–Kier alpha value is -2.76. The molecule has 1 aromatic carbocycles. The summed E-state index contributed by atoms with van der Waals surface area (Å²) >= 11 is 0. The van der Waals surface area contributed by atoms with Gasteiger partial charge >= 0.3 is 12.0 Å². The lowest BCUT2D eigenvalue weighted by atomic mass is 10.2. The molecule has 2 heterocycles. The number of nitrogens with one attached hydrogen (secondary N) is 1. The van der Waals surface area contributed by atoms with Crippen molar-refractivity contribution >= 4 is 17.7 Å². The van der Waals surface area contributed by atoms with Gasteiger partial charge in [0, 0.05) is 12.2 Å². The van der Waals surface area contributed by atoms with Crippen LogP contribution in [-0.4, -0.2) is 30.6 Å². The van der Waals surface area contributed by atoms with Crippen LogP contribution < -0.4 is 5.32 Å². The number of nitrogens with zero attached hydrogens (tertiary/aromatic N) is 1. The summed E-state index contributed by atoms with van der Waals surface area (Å²) in [6.07, 6.45) is 3.46. The predicted octanol–water partition coefficient (Wildman–Crippen LogP) is 3.44. The number of methoxy groups -OCH3 is 1. The van der Waals surface area contributed by atoms with Gasteiger partial charge in [0.2, 0.25) is 0 Å². The molecule has 1 aliphatic heterocycles. The summed E-state index contributed by atoms with van der Waals surface area (Å²) in [5.74, 6) is 0.402. The highest BCUT2D eigenvalue weighted by Gasteiger charge is 2.31. The molecule has 0 saturated carbocycles. The van der Waals surface area contributed by atoms with Crippen molar-refractivity contribution in [3.8, 4) is 0 Å². The number of ether oxygens (including phenoxy) is 1. The zero-order valence-corrected chi connectivity index (χ0v) is 12.8. The molecule has 23 heavy (non-hydrogen) atoms. The van der Waals surface area contributed by atoms with E-state index in [9.17, 15) is 9.59 Å². The molecule has 0 spiro atoms. The molecule has 1 fully saturated rings. The molecule has 2 amide bonds. The lowest BCUT2D eigenvalue weighted by Gasteiger charge is -2.23. The van der Waals surface area contributed by atoms with E-state index in [1.807, 2.05) is 12.1 Å². The van der Waals surface area contributed by atoms with Gasteiger partial charge in [-0.1, -0.05) is 0 Å². The molecule has 1 aromatic heterocycles. The van der Waals surface area contributed by atoms with Crippen molar-refractivity contribution in [2.24, 2.45) is 0 Å². The molecule has 120 valence electrons. The van der Waals surface area contributed by atoms with Crippen LogP contribution in [0.15, 0.2) is 47.1 Å². The molecule has 0 bridgehead atoms. The Balaban J connectivity index is 1.68. The van der Waals surface area contributed by atoms with Crippen molar-refractivity contribution in [3.05, 3.63) is 54.0 Å². The highest BCUT2D eigenvalue weighted by atomic mass is 16.5. The second kappa shape index (κ2) is 6.56. The number of furan rings is 1. The van der Waals surface area contributed by atoms with Gasteiger partial charge in [-0.05, 0) is 49.2 Å². The lowest BCUT2D eigenvalue weighted by molar-refractivity contribution is 0.0601.